The van der Waals surface area contributed by atoms with E-state index in [-0.39, 0.29) is 13.0 Å². The number of carbonyl (C=O) groups is 2. The summed E-state index contributed by atoms with van der Waals surface area (Å²) in [4.78, 5) is 25.3. The third-order valence-corrected chi connectivity index (χ3v) is 4.22. The van der Waals surface area contributed by atoms with Gasteiger partial charge in [0, 0.05) is 6.54 Å². The summed E-state index contributed by atoms with van der Waals surface area (Å²) in [6.07, 6.45) is 0.101. The van der Waals surface area contributed by atoms with Crippen LogP contribution in [-0.2, 0) is 22.6 Å². The van der Waals surface area contributed by atoms with Crippen LogP contribution in [0.2, 0.25) is 0 Å². The van der Waals surface area contributed by atoms with E-state index in [0.717, 1.165) is 16.7 Å². The lowest BCUT2D eigenvalue weighted by Crippen LogP contribution is -2.41. The van der Waals surface area contributed by atoms with E-state index in [2.05, 4.69) is 0 Å². The highest BCUT2D eigenvalue weighted by molar-refractivity contribution is 5.73. The Morgan fingerprint density at radius 2 is 1.79 bits per heavy atom. The molecule has 0 aliphatic carbocycles. The molecule has 1 unspecified atom stereocenters. The Kier molecular flexibility index (Phi) is 4.79. The summed E-state index contributed by atoms with van der Waals surface area (Å²) in [6, 6.07) is 16.6. The van der Waals surface area contributed by atoms with Gasteiger partial charge in [0.1, 0.15) is 6.61 Å². The lowest BCUT2D eigenvalue weighted by molar-refractivity contribution is -0.138. The molecule has 0 saturated heterocycles. The van der Waals surface area contributed by atoms with Crippen molar-refractivity contribution in [2.75, 3.05) is 6.54 Å². The molecule has 124 valence electrons. The summed E-state index contributed by atoms with van der Waals surface area (Å²) in [5, 5.41) is 9.22. The van der Waals surface area contributed by atoms with Crippen molar-refractivity contribution in [2.24, 2.45) is 0 Å². The zero-order valence-electron chi connectivity index (χ0n) is 13.2. The van der Waals surface area contributed by atoms with Gasteiger partial charge in [0.15, 0.2) is 0 Å². The molecule has 2 aromatic carbocycles. The minimum Gasteiger partial charge on any atom is -0.481 e. The van der Waals surface area contributed by atoms with E-state index in [1.165, 1.54) is 4.90 Å². The Morgan fingerprint density at radius 1 is 1.08 bits per heavy atom. The van der Waals surface area contributed by atoms with Crippen molar-refractivity contribution in [1.82, 2.24) is 4.90 Å². The van der Waals surface area contributed by atoms with Crippen LogP contribution in [0.25, 0.3) is 0 Å². The number of carbonyl (C=O) groups excluding carboxylic acids is 1. The number of amides is 1. The highest BCUT2D eigenvalue weighted by Crippen LogP contribution is 2.32. The average Bonchev–Trinajstić information content (AvgIpc) is 2.60. The van der Waals surface area contributed by atoms with E-state index >= 15 is 0 Å². The number of benzene rings is 2. The molecule has 0 fully saturated rings. The molecular formula is C19H19NO4. The monoisotopic (exact) mass is 325 g/mol. The van der Waals surface area contributed by atoms with Crippen molar-refractivity contribution < 1.29 is 19.4 Å². The van der Waals surface area contributed by atoms with Gasteiger partial charge in [0.05, 0.1) is 12.5 Å². The van der Waals surface area contributed by atoms with Crippen LogP contribution in [0.3, 0.4) is 0 Å². The zero-order valence-corrected chi connectivity index (χ0v) is 13.2. The second-order valence-corrected chi connectivity index (χ2v) is 5.80. The number of aliphatic carboxylic acids is 1. The number of fused-ring (bicyclic) bond motifs is 1. The van der Waals surface area contributed by atoms with Crippen LogP contribution in [0.15, 0.2) is 54.6 Å². The normalized spacial score (nSPS) is 16.3. The van der Waals surface area contributed by atoms with Gasteiger partial charge in [-0.05, 0) is 23.1 Å². The molecule has 0 aromatic heterocycles. The van der Waals surface area contributed by atoms with Gasteiger partial charge in [-0.2, -0.15) is 0 Å². The Labute approximate surface area is 140 Å². The number of hydrogen-bond acceptors (Lipinski definition) is 3. The first-order chi connectivity index (χ1) is 11.6. The van der Waals surface area contributed by atoms with E-state index in [4.69, 9.17) is 4.74 Å². The van der Waals surface area contributed by atoms with Crippen molar-refractivity contribution in [3.8, 4) is 0 Å². The van der Waals surface area contributed by atoms with E-state index in [9.17, 15) is 14.7 Å². The number of rotatable bonds is 4. The summed E-state index contributed by atoms with van der Waals surface area (Å²) in [7, 11) is 0. The molecule has 5 nitrogen and oxygen atoms in total. The summed E-state index contributed by atoms with van der Waals surface area (Å²) in [6.45, 7) is 0.639. The van der Waals surface area contributed by atoms with Crippen LogP contribution in [0.1, 0.15) is 29.2 Å². The molecular weight excluding hydrogens is 306 g/mol. The molecule has 1 N–H and O–H groups in total. The van der Waals surface area contributed by atoms with Crippen molar-refractivity contribution in [3.63, 3.8) is 0 Å². The Balaban J connectivity index is 1.75. The molecule has 0 spiro atoms. The van der Waals surface area contributed by atoms with E-state index in [0.29, 0.717) is 13.0 Å². The first-order valence-electron chi connectivity index (χ1n) is 7.92. The van der Waals surface area contributed by atoms with Gasteiger partial charge in [-0.1, -0.05) is 54.6 Å². The van der Waals surface area contributed by atoms with Crippen LogP contribution in [-0.4, -0.2) is 28.6 Å². The van der Waals surface area contributed by atoms with Gasteiger partial charge in [-0.3, -0.25) is 4.79 Å². The SMILES string of the molecule is O=C(O)CC1c2ccccc2CCN1C(=O)OCc1ccccc1. The molecule has 24 heavy (non-hydrogen) atoms. The van der Waals surface area contributed by atoms with Gasteiger partial charge in [0.2, 0.25) is 0 Å². The van der Waals surface area contributed by atoms with E-state index < -0.39 is 18.1 Å². The summed E-state index contributed by atoms with van der Waals surface area (Å²) in [5.74, 6) is -0.933. The fourth-order valence-electron chi connectivity index (χ4n) is 3.06. The molecule has 3 rings (SSSR count). The quantitative estimate of drug-likeness (QED) is 0.935. The number of hydrogen-bond donors (Lipinski definition) is 1. The van der Waals surface area contributed by atoms with E-state index in [1.54, 1.807) is 0 Å². The molecule has 1 aliphatic heterocycles. The Bertz CT molecular complexity index is 729. The number of carboxylic acid groups (broad SMARTS) is 1. The largest absolute Gasteiger partial charge is 0.481 e. The van der Waals surface area contributed by atoms with Crippen LogP contribution in [0.4, 0.5) is 4.79 Å². The van der Waals surface area contributed by atoms with Crippen molar-refractivity contribution in [3.05, 3.63) is 71.3 Å². The standard InChI is InChI=1S/C19H19NO4/c21-18(22)12-17-16-9-5-4-8-15(16)10-11-20(17)19(23)24-13-14-6-2-1-3-7-14/h1-9,17H,10-13H2,(H,21,22). The minimum atomic E-state index is -0.933. The Hall–Kier alpha value is -2.82. The Morgan fingerprint density at radius 3 is 2.54 bits per heavy atom. The summed E-state index contributed by atoms with van der Waals surface area (Å²) < 4.78 is 5.39. The topological polar surface area (TPSA) is 66.8 Å². The lowest BCUT2D eigenvalue weighted by atomic mass is 9.91. The van der Waals surface area contributed by atoms with Crippen LogP contribution < -0.4 is 0 Å². The van der Waals surface area contributed by atoms with Crippen LogP contribution >= 0.6 is 0 Å². The minimum absolute atomic E-state index is 0.128. The average molecular weight is 325 g/mol. The maximum Gasteiger partial charge on any atom is 0.410 e. The fourth-order valence-corrected chi connectivity index (χ4v) is 3.06. The first kappa shape index (κ1) is 16.1. The maximum absolute atomic E-state index is 12.5. The maximum atomic E-state index is 12.5. The van der Waals surface area contributed by atoms with Gasteiger partial charge >= 0.3 is 12.1 Å². The lowest BCUT2D eigenvalue weighted by Gasteiger charge is -2.35. The summed E-state index contributed by atoms with van der Waals surface area (Å²) >= 11 is 0. The smallest absolute Gasteiger partial charge is 0.410 e. The highest BCUT2D eigenvalue weighted by atomic mass is 16.6. The van der Waals surface area contributed by atoms with E-state index in [1.807, 2.05) is 54.6 Å². The molecule has 1 heterocycles. The second kappa shape index (κ2) is 7.17. The van der Waals surface area contributed by atoms with Gasteiger partial charge in [-0.15, -0.1) is 0 Å². The molecule has 1 atom stereocenters. The molecule has 0 saturated carbocycles. The molecule has 0 radical (unpaired) electrons. The molecule has 5 heteroatoms. The highest BCUT2D eigenvalue weighted by Gasteiger charge is 2.33. The number of carboxylic acids is 1. The zero-order chi connectivity index (χ0) is 16.9. The van der Waals surface area contributed by atoms with Crippen molar-refractivity contribution in [1.29, 1.82) is 0 Å². The van der Waals surface area contributed by atoms with Gasteiger partial charge < -0.3 is 14.7 Å². The van der Waals surface area contributed by atoms with Crippen molar-refractivity contribution >= 4 is 12.1 Å². The molecule has 0 bridgehead atoms. The third-order valence-electron chi connectivity index (χ3n) is 4.22. The number of nitrogens with zero attached hydrogens (tertiary/aromatic N) is 1. The summed E-state index contributed by atoms with van der Waals surface area (Å²) in [5.41, 5.74) is 2.89. The predicted molar refractivity (Wildman–Crippen MR) is 88.5 cm³/mol. The molecule has 1 aliphatic rings. The van der Waals surface area contributed by atoms with Crippen molar-refractivity contribution in [2.45, 2.75) is 25.5 Å². The van der Waals surface area contributed by atoms with Crippen LogP contribution in [0.5, 0.6) is 0 Å². The fraction of sp³-hybridized carbons (Fsp3) is 0.263. The first-order valence-corrected chi connectivity index (χ1v) is 7.92. The predicted octanol–water partition coefficient (Wildman–Crippen LogP) is 3.40. The number of ether oxygens (including phenoxy) is 1. The second-order valence-electron chi connectivity index (χ2n) is 5.80. The van der Waals surface area contributed by atoms with Crippen LogP contribution in [0, 0.1) is 0 Å². The third kappa shape index (κ3) is 3.56. The molecule has 1 amide bonds. The van der Waals surface area contributed by atoms with Gasteiger partial charge in [0.25, 0.3) is 0 Å². The molecule has 2 aromatic rings. The van der Waals surface area contributed by atoms with Gasteiger partial charge in [-0.25, -0.2) is 4.79 Å².